The Balaban J connectivity index is 3.55. The predicted molar refractivity (Wildman–Crippen MR) is 79.4 cm³/mol. The summed E-state index contributed by atoms with van der Waals surface area (Å²) < 4.78 is 0.193. The first kappa shape index (κ1) is 17.0. The third kappa shape index (κ3) is 2.47. The van der Waals surface area contributed by atoms with Gasteiger partial charge in [0, 0.05) is 0 Å². The molecule has 0 bridgehead atoms. The van der Waals surface area contributed by atoms with Gasteiger partial charge in [0.05, 0.1) is 33.4 Å². The van der Waals surface area contributed by atoms with E-state index in [0.29, 0.717) is 5.71 Å². The van der Waals surface area contributed by atoms with Crippen LogP contribution in [0.1, 0.15) is 27.7 Å². The number of nitriles is 2. The molecular formula is C13H16BrN5O2. The van der Waals surface area contributed by atoms with Crippen molar-refractivity contribution in [3.63, 3.8) is 0 Å². The second-order valence-corrected chi connectivity index (χ2v) is 6.21. The summed E-state index contributed by atoms with van der Waals surface area (Å²) in [6, 6.07) is 3.78. The van der Waals surface area contributed by atoms with Gasteiger partial charge in [-0.05, 0) is 29.8 Å². The van der Waals surface area contributed by atoms with E-state index < -0.39 is 23.0 Å². The average Bonchev–Trinajstić information content (AvgIpc) is 2.37. The lowest BCUT2D eigenvalue weighted by Gasteiger charge is -2.46. The van der Waals surface area contributed by atoms with Crippen LogP contribution in [0.25, 0.3) is 0 Å². The van der Waals surface area contributed by atoms with Crippen molar-refractivity contribution in [1.82, 2.24) is 5.32 Å². The summed E-state index contributed by atoms with van der Waals surface area (Å²) in [5.74, 6) is -0.907. The molecular weight excluding hydrogens is 338 g/mol. The van der Waals surface area contributed by atoms with Crippen molar-refractivity contribution in [1.29, 1.82) is 10.5 Å². The molecule has 3 N–H and O–H groups in total. The van der Waals surface area contributed by atoms with Crippen LogP contribution in [0.3, 0.4) is 0 Å². The Kier molecular flexibility index (Phi) is 4.65. The Morgan fingerprint density at radius 1 is 1.48 bits per heavy atom. The van der Waals surface area contributed by atoms with Crippen molar-refractivity contribution in [3.8, 4) is 12.1 Å². The van der Waals surface area contributed by atoms with Crippen LogP contribution in [0, 0.1) is 33.5 Å². The number of carbonyl (C=O) groups excluding carboxylic acids is 1. The van der Waals surface area contributed by atoms with Crippen molar-refractivity contribution in [3.05, 3.63) is 10.2 Å². The Hall–Kier alpha value is -2.06. The molecule has 7 nitrogen and oxygen atoms in total. The molecule has 1 aliphatic rings. The quantitative estimate of drug-likeness (QED) is 0.451. The third-order valence-electron chi connectivity index (χ3n) is 3.46. The lowest BCUT2D eigenvalue weighted by atomic mass is 9.59. The van der Waals surface area contributed by atoms with Crippen molar-refractivity contribution >= 4 is 27.5 Å². The number of amides is 1. The van der Waals surface area contributed by atoms with Gasteiger partial charge in [-0.3, -0.25) is 4.79 Å². The van der Waals surface area contributed by atoms with Crippen molar-refractivity contribution in [2.24, 2.45) is 21.7 Å². The molecule has 0 aromatic rings. The number of nitrogens with zero attached hydrogens (tertiary/aromatic N) is 3. The molecule has 0 aliphatic carbocycles. The molecule has 112 valence electrons. The van der Waals surface area contributed by atoms with Crippen molar-refractivity contribution in [2.45, 2.75) is 33.9 Å². The highest BCUT2D eigenvalue weighted by Crippen LogP contribution is 2.51. The summed E-state index contributed by atoms with van der Waals surface area (Å²) in [4.78, 5) is 17.4. The fraction of sp³-hybridized carbons (Fsp3) is 0.538. The molecule has 0 radical (unpaired) electrons. The van der Waals surface area contributed by atoms with E-state index in [-0.39, 0.29) is 10.2 Å². The maximum Gasteiger partial charge on any atom is 0.244 e. The van der Waals surface area contributed by atoms with Crippen LogP contribution in [0.4, 0.5) is 0 Å². The molecule has 1 rings (SSSR count). The minimum atomic E-state index is -1.83. The molecule has 0 aromatic heterocycles. The van der Waals surface area contributed by atoms with Crippen LogP contribution in [0.5, 0.6) is 0 Å². The number of carbonyl (C=O) groups is 1. The highest BCUT2D eigenvalue weighted by atomic mass is 79.9. The highest BCUT2D eigenvalue weighted by Gasteiger charge is 2.62. The Morgan fingerprint density at radius 2 is 2.05 bits per heavy atom. The number of nitrogens with two attached hydrogens (primary N) is 1. The zero-order valence-corrected chi connectivity index (χ0v) is 13.8. The molecule has 1 heterocycles. The van der Waals surface area contributed by atoms with Gasteiger partial charge in [-0.2, -0.15) is 10.5 Å². The Bertz CT molecular complexity index is 607. The summed E-state index contributed by atoms with van der Waals surface area (Å²) in [6.07, 6.45) is -0.814. The number of primary amides is 1. The first-order valence-corrected chi connectivity index (χ1v) is 6.89. The molecule has 1 aliphatic heterocycles. The molecule has 2 atom stereocenters. The SMILES string of the molecule is CC(C)=NO[C@@H]1NC(Br)=C(C#N)[C@@](C#N)(C(N)=O)C1(C)C. The summed E-state index contributed by atoms with van der Waals surface area (Å²) in [6.45, 7) is 6.73. The third-order valence-corrected chi connectivity index (χ3v) is 4.09. The van der Waals surface area contributed by atoms with Gasteiger partial charge in [0.15, 0.2) is 5.41 Å². The lowest BCUT2D eigenvalue weighted by molar-refractivity contribution is -0.138. The topological polar surface area (TPSA) is 124 Å². The number of halogens is 1. The zero-order chi connectivity index (χ0) is 16.4. The number of rotatable bonds is 3. The summed E-state index contributed by atoms with van der Waals surface area (Å²) in [5.41, 5.74) is 3.10. The van der Waals surface area contributed by atoms with Crippen LogP contribution in [0.15, 0.2) is 15.3 Å². The lowest BCUT2D eigenvalue weighted by Crippen LogP contribution is -2.61. The van der Waals surface area contributed by atoms with E-state index in [2.05, 4.69) is 26.4 Å². The van der Waals surface area contributed by atoms with Gasteiger partial charge in [-0.15, -0.1) is 0 Å². The molecule has 0 saturated heterocycles. The van der Waals surface area contributed by atoms with E-state index in [9.17, 15) is 15.3 Å². The normalized spacial score (nSPS) is 26.9. The molecule has 8 heteroatoms. The second-order valence-electron chi connectivity index (χ2n) is 5.42. The van der Waals surface area contributed by atoms with E-state index in [4.69, 9.17) is 10.6 Å². The minimum Gasteiger partial charge on any atom is -0.370 e. The largest absolute Gasteiger partial charge is 0.370 e. The van der Waals surface area contributed by atoms with Gasteiger partial charge in [0.2, 0.25) is 12.1 Å². The Labute approximate surface area is 131 Å². The second kappa shape index (κ2) is 5.74. The maximum absolute atomic E-state index is 12.0. The van der Waals surface area contributed by atoms with E-state index in [1.807, 2.05) is 12.1 Å². The number of hydrogen-bond donors (Lipinski definition) is 2. The standard InChI is InChI=1S/C13H16BrN5O2/c1-7(2)19-21-11-12(3,4)13(6-16,10(17)20)8(5-15)9(14)18-11/h11,18H,1-4H3,(H2,17,20)/t11-,13-/m0/s1. The van der Waals surface area contributed by atoms with Crippen LogP contribution in [0.2, 0.25) is 0 Å². The van der Waals surface area contributed by atoms with E-state index in [1.165, 1.54) is 0 Å². The zero-order valence-electron chi connectivity index (χ0n) is 12.2. The summed E-state index contributed by atoms with van der Waals surface area (Å²) in [7, 11) is 0. The van der Waals surface area contributed by atoms with Gasteiger partial charge in [0.1, 0.15) is 0 Å². The fourth-order valence-corrected chi connectivity index (χ4v) is 2.79. The Morgan fingerprint density at radius 3 is 2.43 bits per heavy atom. The van der Waals surface area contributed by atoms with Crippen LogP contribution < -0.4 is 11.1 Å². The molecule has 0 spiro atoms. The van der Waals surface area contributed by atoms with E-state index in [1.54, 1.807) is 27.7 Å². The molecule has 1 amide bonds. The first-order chi connectivity index (χ1) is 9.65. The highest BCUT2D eigenvalue weighted by molar-refractivity contribution is 9.11. The molecule has 21 heavy (non-hydrogen) atoms. The average molecular weight is 354 g/mol. The monoisotopic (exact) mass is 353 g/mol. The van der Waals surface area contributed by atoms with Crippen LogP contribution in [-0.4, -0.2) is 17.8 Å². The van der Waals surface area contributed by atoms with Gasteiger partial charge in [0.25, 0.3) is 0 Å². The van der Waals surface area contributed by atoms with Crippen molar-refractivity contribution in [2.75, 3.05) is 0 Å². The van der Waals surface area contributed by atoms with Gasteiger partial charge in [-0.25, -0.2) is 0 Å². The number of hydrogen-bond acceptors (Lipinski definition) is 6. The van der Waals surface area contributed by atoms with E-state index in [0.717, 1.165) is 0 Å². The predicted octanol–water partition coefficient (Wildman–Crippen LogP) is 1.48. The summed E-state index contributed by atoms with van der Waals surface area (Å²) in [5, 5.41) is 25.6. The fourth-order valence-electron chi connectivity index (χ4n) is 2.20. The van der Waals surface area contributed by atoms with Gasteiger partial charge < -0.3 is 15.9 Å². The van der Waals surface area contributed by atoms with E-state index >= 15 is 0 Å². The number of nitrogens with one attached hydrogen (secondary N) is 1. The smallest absolute Gasteiger partial charge is 0.244 e. The van der Waals surface area contributed by atoms with Gasteiger partial charge >= 0.3 is 0 Å². The summed E-state index contributed by atoms with van der Waals surface area (Å²) >= 11 is 3.16. The molecule has 0 aromatic carbocycles. The molecule has 0 unspecified atom stereocenters. The minimum absolute atomic E-state index is 0.0699. The van der Waals surface area contributed by atoms with Crippen LogP contribution >= 0.6 is 15.9 Å². The van der Waals surface area contributed by atoms with Crippen molar-refractivity contribution < 1.29 is 9.63 Å². The molecule has 0 fully saturated rings. The van der Waals surface area contributed by atoms with Crippen LogP contribution in [-0.2, 0) is 9.63 Å². The maximum atomic E-state index is 12.0. The molecule has 0 saturated carbocycles. The first-order valence-electron chi connectivity index (χ1n) is 6.10. The number of oxime groups is 1. The van der Waals surface area contributed by atoms with Gasteiger partial charge in [-0.1, -0.05) is 19.0 Å².